The number of carbonyl (C=O) groups excluding carboxylic acids is 1. The molecule has 1 aliphatic rings. The molecule has 0 bridgehead atoms. The summed E-state index contributed by atoms with van der Waals surface area (Å²) in [6.45, 7) is 2.87. The molecule has 1 aromatic rings. The second kappa shape index (κ2) is 7.28. The molecule has 2 rings (SSSR count). The van der Waals surface area contributed by atoms with Gasteiger partial charge < -0.3 is 15.2 Å². The Hall–Kier alpha value is -1.36. The molecule has 1 aromatic heterocycles. The fourth-order valence-corrected chi connectivity index (χ4v) is 2.55. The molecule has 2 N–H and O–H groups in total. The van der Waals surface area contributed by atoms with Gasteiger partial charge in [-0.05, 0) is 38.3 Å². The fourth-order valence-electron chi connectivity index (χ4n) is 2.55. The molecule has 0 aliphatic carbocycles. The molecule has 1 atom stereocenters. The number of carbonyl (C=O) groups is 1. The Bertz CT molecular complexity index is 396. The molecule has 0 aromatic carbocycles. The molecule has 106 valence electrons. The number of imidazole rings is 1. The van der Waals surface area contributed by atoms with Crippen LogP contribution in [0.25, 0.3) is 0 Å². The molecule has 0 radical (unpaired) electrons. The normalized spacial score (nSPS) is 19.3. The van der Waals surface area contributed by atoms with E-state index in [1.54, 1.807) is 6.20 Å². The lowest BCUT2D eigenvalue weighted by Crippen LogP contribution is -2.31. The number of rotatable bonds is 6. The van der Waals surface area contributed by atoms with E-state index in [4.69, 9.17) is 0 Å². The number of aromatic nitrogens is 2. The maximum atomic E-state index is 11.7. The van der Waals surface area contributed by atoms with Crippen LogP contribution >= 0.6 is 0 Å². The number of amides is 1. The van der Waals surface area contributed by atoms with Crippen molar-refractivity contribution in [2.75, 3.05) is 19.6 Å². The second-order valence-corrected chi connectivity index (χ2v) is 5.31. The van der Waals surface area contributed by atoms with Crippen LogP contribution in [0.2, 0.25) is 0 Å². The van der Waals surface area contributed by atoms with Crippen molar-refractivity contribution >= 4 is 5.91 Å². The zero-order chi connectivity index (χ0) is 13.5. The van der Waals surface area contributed by atoms with Crippen molar-refractivity contribution in [2.45, 2.75) is 32.1 Å². The first kappa shape index (κ1) is 14.1. The van der Waals surface area contributed by atoms with E-state index >= 15 is 0 Å². The minimum atomic E-state index is 0.166. The van der Waals surface area contributed by atoms with Gasteiger partial charge >= 0.3 is 0 Å². The summed E-state index contributed by atoms with van der Waals surface area (Å²) in [5.74, 6) is 1.85. The molecule has 5 heteroatoms. The van der Waals surface area contributed by atoms with Gasteiger partial charge in [-0.1, -0.05) is 0 Å². The van der Waals surface area contributed by atoms with Gasteiger partial charge in [0.25, 0.3) is 0 Å². The molecule has 1 fully saturated rings. The van der Waals surface area contributed by atoms with E-state index < -0.39 is 0 Å². The van der Waals surface area contributed by atoms with Gasteiger partial charge in [-0.2, -0.15) is 0 Å². The molecule has 1 saturated heterocycles. The Labute approximate surface area is 114 Å². The Morgan fingerprint density at radius 3 is 3.21 bits per heavy atom. The van der Waals surface area contributed by atoms with Crippen LogP contribution in [-0.2, 0) is 18.3 Å². The molecule has 5 nitrogen and oxygen atoms in total. The van der Waals surface area contributed by atoms with Crippen LogP contribution in [0.15, 0.2) is 12.4 Å². The van der Waals surface area contributed by atoms with Crippen LogP contribution in [-0.4, -0.2) is 35.1 Å². The fraction of sp³-hybridized carbons (Fsp3) is 0.714. The standard InChI is InChI=1S/C14H24N4O/c1-18-10-9-16-13(18)6-8-17-14(19)5-4-12-3-2-7-15-11-12/h9-10,12,15H,2-8,11H2,1H3,(H,17,19). The van der Waals surface area contributed by atoms with Crippen molar-refractivity contribution in [2.24, 2.45) is 13.0 Å². The van der Waals surface area contributed by atoms with E-state index in [0.29, 0.717) is 18.9 Å². The van der Waals surface area contributed by atoms with Crippen molar-refractivity contribution < 1.29 is 4.79 Å². The largest absolute Gasteiger partial charge is 0.356 e. The maximum absolute atomic E-state index is 11.7. The molecule has 1 amide bonds. The molecule has 0 spiro atoms. The molecular weight excluding hydrogens is 240 g/mol. The van der Waals surface area contributed by atoms with Crippen molar-refractivity contribution in [3.8, 4) is 0 Å². The third-order valence-electron chi connectivity index (χ3n) is 3.77. The van der Waals surface area contributed by atoms with E-state index in [2.05, 4.69) is 15.6 Å². The molecule has 0 saturated carbocycles. The van der Waals surface area contributed by atoms with Gasteiger partial charge in [0.05, 0.1) is 0 Å². The van der Waals surface area contributed by atoms with E-state index in [1.807, 2.05) is 17.8 Å². The topological polar surface area (TPSA) is 59.0 Å². The Kier molecular flexibility index (Phi) is 5.39. The summed E-state index contributed by atoms with van der Waals surface area (Å²) in [5.41, 5.74) is 0. The summed E-state index contributed by atoms with van der Waals surface area (Å²) in [6, 6.07) is 0. The van der Waals surface area contributed by atoms with Crippen LogP contribution in [0.4, 0.5) is 0 Å². The summed E-state index contributed by atoms with van der Waals surface area (Å²) in [5, 5.41) is 6.36. The lowest BCUT2D eigenvalue weighted by molar-refractivity contribution is -0.121. The van der Waals surface area contributed by atoms with Crippen LogP contribution in [0, 0.1) is 5.92 Å². The molecular formula is C14H24N4O. The molecule has 19 heavy (non-hydrogen) atoms. The number of piperidine rings is 1. The predicted octanol–water partition coefficient (Wildman–Crippen LogP) is 0.859. The second-order valence-electron chi connectivity index (χ2n) is 5.31. The highest BCUT2D eigenvalue weighted by Crippen LogP contribution is 2.15. The van der Waals surface area contributed by atoms with Crippen LogP contribution in [0.1, 0.15) is 31.5 Å². The third-order valence-corrected chi connectivity index (χ3v) is 3.77. The first-order valence-corrected chi connectivity index (χ1v) is 7.19. The van der Waals surface area contributed by atoms with Gasteiger partial charge in [0.2, 0.25) is 5.91 Å². The quantitative estimate of drug-likeness (QED) is 0.801. The minimum Gasteiger partial charge on any atom is -0.356 e. The average molecular weight is 264 g/mol. The number of nitrogens with zero attached hydrogens (tertiary/aromatic N) is 2. The van der Waals surface area contributed by atoms with E-state index in [-0.39, 0.29) is 5.91 Å². The van der Waals surface area contributed by atoms with Crippen molar-refractivity contribution in [3.63, 3.8) is 0 Å². The van der Waals surface area contributed by atoms with Gasteiger partial charge in [-0.25, -0.2) is 4.98 Å². The molecule has 1 unspecified atom stereocenters. The first-order chi connectivity index (χ1) is 9.25. The lowest BCUT2D eigenvalue weighted by atomic mass is 9.94. The monoisotopic (exact) mass is 264 g/mol. The van der Waals surface area contributed by atoms with Gasteiger partial charge in [0.1, 0.15) is 5.82 Å². The van der Waals surface area contributed by atoms with E-state index in [1.165, 1.54) is 12.8 Å². The summed E-state index contributed by atoms with van der Waals surface area (Å²) < 4.78 is 1.99. The average Bonchev–Trinajstić information content (AvgIpc) is 2.83. The van der Waals surface area contributed by atoms with E-state index in [9.17, 15) is 4.79 Å². The SMILES string of the molecule is Cn1ccnc1CCNC(=O)CCC1CCCNC1. The summed E-state index contributed by atoms with van der Waals surface area (Å²) in [7, 11) is 1.97. The summed E-state index contributed by atoms with van der Waals surface area (Å²) in [4.78, 5) is 16.0. The molecule has 1 aliphatic heterocycles. The highest BCUT2D eigenvalue weighted by atomic mass is 16.1. The van der Waals surface area contributed by atoms with Crippen LogP contribution < -0.4 is 10.6 Å². The zero-order valence-electron chi connectivity index (χ0n) is 11.7. The van der Waals surface area contributed by atoms with Crippen LogP contribution in [0.5, 0.6) is 0 Å². The number of nitrogens with one attached hydrogen (secondary N) is 2. The Morgan fingerprint density at radius 1 is 1.63 bits per heavy atom. The van der Waals surface area contributed by atoms with E-state index in [0.717, 1.165) is 31.8 Å². The van der Waals surface area contributed by atoms with Crippen molar-refractivity contribution in [1.29, 1.82) is 0 Å². The smallest absolute Gasteiger partial charge is 0.220 e. The predicted molar refractivity (Wildman–Crippen MR) is 74.7 cm³/mol. The lowest BCUT2D eigenvalue weighted by Gasteiger charge is -2.22. The minimum absolute atomic E-state index is 0.166. The number of hydrogen-bond donors (Lipinski definition) is 2. The van der Waals surface area contributed by atoms with Gasteiger partial charge in [-0.15, -0.1) is 0 Å². The summed E-state index contributed by atoms with van der Waals surface area (Å²) in [6.07, 6.45) is 8.65. The Balaban J connectivity index is 1.58. The number of hydrogen-bond acceptors (Lipinski definition) is 3. The Morgan fingerprint density at radius 2 is 2.53 bits per heavy atom. The van der Waals surface area contributed by atoms with Crippen molar-refractivity contribution in [1.82, 2.24) is 20.2 Å². The van der Waals surface area contributed by atoms with Gasteiger partial charge in [0.15, 0.2) is 0 Å². The number of aryl methyl sites for hydroxylation is 1. The van der Waals surface area contributed by atoms with Crippen LogP contribution in [0.3, 0.4) is 0 Å². The first-order valence-electron chi connectivity index (χ1n) is 7.19. The highest BCUT2D eigenvalue weighted by molar-refractivity contribution is 5.75. The zero-order valence-corrected chi connectivity index (χ0v) is 11.7. The van der Waals surface area contributed by atoms with Gasteiger partial charge in [-0.3, -0.25) is 4.79 Å². The molecule has 2 heterocycles. The third kappa shape index (κ3) is 4.67. The van der Waals surface area contributed by atoms with Gasteiger partial charge in [0, 0.05) is 38.8 Å². The summed E-state index contributed by atoms with van der Waals surface area (Å²) >= 11 is 0. The van der Waals surface area contributed by atoms with Crippen molar-refractivity contribution in [3.05, 3.63) is 18.2 Å². The maximum Gasteiger partial charge on any atom is 0.220 e. The highest BCUT2D eigenvalue weighted by Gasteiger charge is 2.14.